The van der Waals surface area contributed by atoms with Gasteiger partial charge in [-0.2, -0.15) is 0 Å². The number of hydrogen-bond donors (Lipinski definition) is 0. The summed E-state index contributed by atoms with van der Waals surface area (Å²) in [6.07, 6.45) is -3.59. The van der Waals surface area contributed by atoms with Gasteiger partial charge in [-0.15, -0.1) is 8.78 Å². The van der Waals surface area contributed by atoms with Gasteiger partial charge < -0.3 is 14.3 Å². The Labute approximate surface area is 90.4 Å². The molecule has 0 fully saturated rings. The lowest BCUT2D eigenvalue weighted by Crippen LogP contribution is -2.25. The third-order valence-corrected chi connectivity index (χ3v) is 2.05. The summed E-state index contributed by atoms with van der Waals surface area (Å²) in [4.78, 5) is 4.59. The van der Waals surface area contributed by atoms with E-state index >= 15 is 0 Å². The number of benzene rings is 1. The minimum absolute atomic E-state index is 0.00634. The van der Waals surface area contributed by atoms with Gasteiger partial charge in [-0.05, 0) is 25.1 Å². The molecule has 16 heavy (non-hydrogen) atoms. The molecule has 0 aromatic heterocycles. The van der Waals surface area contributed by atoms with Crippen molar-refractivity contribution in [3.05, 3.63) is 23.8 Å². The summed E-state index contributed by atoms with van der Waals surface area (Å²) >= 11 is 0. The highest BCUT2D eigenvalue weighted by atomic mass is 19.3. The zero-order chi connectivity index (χ0) is 11.8. The minimum atomic E-state index is -3.59. The predicted molar refractivity (Wildman–Crippen MR) is 51.9 cm³/mol. The molecule has 0 saturated carbocycles. The summed E-state index contributed by atoms with van der Waals surface area (Å²) in [5.74, 6) is 0.00659. The van der Waals surface area contributed by atoms with Crippen LogP contribution in [0.25, 0.3) is 0 Å². The number of alkyl halides is 2. The maximum atomic E-state index is 12.7. The Morgan fingerprint density at radius 3 is 2.69 bits per heavy atom. The van der Waals surface area contributed by atoms with Crippen molar-refractivity contribution in [3.8, 4) is 11.5 Å². The first-order valence-electron chi connectivity index (χ1n) is 4.50. The van der Waals surface area contributed by atoms with Crippen molar-refractivity contribution in [2.24, 2.45) is 5.16 Å². The highest BCUT2D eigenvalue weighted by Gasteiger charge is 2.43. The summed E-state index contributed by atoms with van der Waals surface area (Å²) in [7, 11) is 1.41. The number of nitrogens with zero attached hydrogens (tertiary/aromatic N) is 1. The van der Waals surface area contributed by atoms with Crippen molar-refractivity contribution in [2.45, 2.75) is 13.2 Å². The highest BCUT2D eigenvalue weighted by Crippen LogP contribution is 2.41. The molecule has 1 heterocycles. The Bertz CT molecular complexity index is 446. The van der Waals surface area contributed by atoms with Crippen LogP contribution < -0.4 is 9.47 Å². The lowest BCUT2D eigenvalue weighted by molar-refractivity contribution is -0.286. The van der Waals surface area contributed by atoms with Gasteiger partial charge in [0.1, 0.15) is 7.11 Å². The zero-order valence-electron chi connectivity index (χ0n) is 8.66. The molecule has 6 heteroatoms. The van der Waals surface area contributed by atoms with Crippen molar-refractivity contribution in [1.82, 2.24) is 0 Å². The average Bonchev–Trinajstić information content (AvgIpc) is 2.50. The van der Waals surface area contributed by atoms with Crippen molar-refractivity contribution >= 4 is 5.71 Å². The Hall–Kier alpha value is -1.85. The summed E-state index contributed by atoms with van der Waals surface area (Å²) in [6.45, 7) is 1.69. The van der Waals surface area contributed by atoms with Crippen LogP contribution in [0.5, 0.6) is 11.5 Å². The van der Waals surface area contributed by atoms with E-state index in [1.54, 1.807) is 13.0 Å². The zero-order valence-corrected chi connectivity index (χ0v) is 8.66. The number of hydrogen-bond acceptors (Lipinski definition) is 4. The van der Waals surface area contributed by atoms with Gasteiger partial charge in [0.15, 0.2) is 11.5 Å². The minimum Gasteiger partial charge on any atom is -0.399 e. The SMILES string of the molecule is CO/N=C(\C)c1ccc2c(c1)OC(F)(F)O2. The number of fused-ring (bicyclic) bond motifs is 1. The largest absolute Gasteiger partial charge is 0.586 e. The molecule has 2 rings (SSSR count). The van der Waals surface area contributed by atoms with Crippen LogP contribution >= 0.6 is 0 Å². The first-order chi connectivity index (χ1) is 7.52. The standard InChI is InChI=1S/C10H9F2NO3/c1-6(13-14-2)7-3-4-8-9(5-7)16-10(11,12)15-8/h3-5H,1-2H3/b13-6+. The van der Waals surface area contributed by atoms with Crippen LogP contribution in [-0.4, -0.2) is 19.1 Å². The molecule has 1 aliphatic rings. The lowest BCUT2D eigenvalue weighted by atomic mass is 10.1. The molecule has 86 valence electrons. The maximum Gasteiger partial charge on any atom is 0.586 e. The lowest BCUT2D eigenvalue weighted by Gasteiger charge is -2.04. The Morgan fingerprint density at radius 1 is 1.31 bits per heavy atom. The van der Waals surface area contributed by atoms with Gasteiger partial charge in [0, 0.05) is 5.56 Å². The van der Waals surface area contributed by atoms with Crippen LogP contribution in [0.1, 0.15) is 12.5 Å². The van der Waals surface area contributed by atoms with Crippen LogP contribution in [-0.2, 0) is 4.84 Å². The highest BCUT2D eigenvalue weighted by molar-refractivity contribution is 5.98. The van der Waals surface area contributed by atoms with Crippen molar-refractivity contribution in [1.29, 1.82) is 0 Å². The fourth-order valence-corrected chi connectivity index (χ4v) is 1.36. The quantitative estimate of drug-likeness (QED) is 0.577. The third-order valence-electron chi connectivity index (χ3n) is 2.05. The molecule has 1 aliphatic heterocycles. The number of rotatable bonds is 2. The van der Waals surface area contributed by atoms with Gasteiger partial charge in [0.05, 0.1) is 5.71 Å². The van der Waals surface area contributed by atoms with Gasteiger partial charge in [-0.3, -0.25) is 0 Å². The van der Waals surface area contributed by atoms with Gasteiger partial charge in [0.25, 0.3) is 0 Å². The van der Waals surface area contributed by atoms with E-state index in [9.17, 15) is 8.78 Å². The van der Waals surface area contributed by atoms with E-state index in [0.29, 0.717) is 11.3 Å². The summed E-state index contributed by atoms with van der Waals surface area (Å²) in [5, 5.41) is 3.69. The normalized spacial score (nSPS) is 17.4. The molecule has 0 N–H and O–H groups in total. The van der Waals surface area contributed by atoms with E-state index in [0.717, 1.165) is 0 Å². The van der Waals surface area contributed by atoms with E-state index in [4.69, 9.17) is 0 Å². The molecular weight excluding hydrogens is 220 g/mol. The fraction of sp³-hybridized carbons (Fsp3) is 0.300. The van der Waals surface area contributed by atoms with E-state index in [2.05, 4.69) is 19.5 Å². The van der Waals surface area contributed by atoms with Gasteiger partial charge in [0.2, 0.25) is 0 Å². The fourth-order valence-electron chi connectivity index (χ4n) is 1.36. The van der Waals surface area contributed by atoms with Gasteiger partial charge in [-0.1, -0.05) is 5.16 Å². The molecule has 0 radical (unpaired) electrons. The molecule has 0 saturated heterocycles. The van der Waals surface area contributed by atoms with Crippen LogP contribution in [0.2, 0.25) is 0 Å². The van der Waals surface area contributed by atoms with Crippen LogP contribution in [0.3, 0.4) is 0 Å². The molecule has 0 atom stereocenters. The molecule has 0 unspecified atom stereocenters. The molecule has 4 nitrogen and oxygen atoms in total. The Kier molecular flexibility index (Phi) is 2.41. The van der Waals surface area contributed by atoms with Gasteiger partial charge in [-0.25, -0.2) is 0 Å². The van der Waals surface area contributed by atoms with Crippen LogP contribution in [0.4, 0.5) is 8.78 Å². The molecule has 0 aliphatic carbocycles. The Morgan fingerprint density at radius 2 is 2.00 bits per heavy atom. The van der Waals surface area contributed by atoms with Crippen molar-refractivity contribution in [3.63, 3.8) is 0 Å². The second-order valence-corrected chi connectivity index (χ2v) is 3.19. The summed E-state index contributed by atoms with van der Waals surface area (Å²) in [6, 6.07) is 4.43. The van der Waals surface area contributed by atoms with E-state index < -0.39 is 6.29 Å². The van der Waals surface area contributed by atoms with E-state index in [1.807, 2.05) is 0 Å². The maximum absolute atomic E-state index is 12.7. The predicted octanol–water partition coefficient (Wildman–Crippen LogP) is 2.38. The number of halogens is 2. The van der Waals surface area contributed by atoms with Crippen LogP contribution in [0, 0.1) is 0 Å². The molecule has 1 aromatic carbocycles. The summed E-state index contributed by atoms with van der Waals surface area (Å²) < 4.78 is 34.0. The number of oxime groups is 1. The smallest absolute Gasteiger partial charge is 0.399 e. The molecule has 0 spiro atoms. The summed E-state index contributed by atoms with van der Waals surface area (Å²) in [5.41, 5.74) is 1.19. The van der Waals surface area contributed by atoms with Crippen LogP contribution in [0.15, 0.2) is 23.4 Å². The molecule has 1 aromatic rings. The third kappa shape index (κ3) is 1.91. The van der Waals surface area contributed by atoms with E-state index in [1.165, 1.54) is 19.2 Å². The number of ether oxygens (including phenoxy) is 2. The van der Waals surface area contributed by atoms with Gasteiger partial charge >= 0.3 is 6.29 Å². The first kappa shape index (κ1) is 10.7. The average molecular weight is 229 g/mol. The molecule has 0 bridgehead atoms. The second kappa shape index (κ2) is 3.62. The monoisotopic (exact) mass is 229 g/mol. The topological polar surface area (TPSA) is 40.0 Å². The van der Waals surface area contributed by atoms with E-state index in [-0.39, 0.29) is 11.5 Å². The Balaban J connectivity index is 2.33. The first-order valence-corrected chi connectivity index (χ1v) is 4.50. The molecule has 0 amide bonds. The van der Waals surface area contributed by atoms with Crippen molar-refractivity contribution in [2.75, 3.05) is 7.11 Å². The molecular formula is C10H9F2NO3. The van der Waals surface area contributed by atoms with Crippen molar-refractivity contribution < 1.29 is 23.1 Å². The second-order valence-electron chi connectivity index (χ2n) is 3.19.